The van der Waals surface area contributed by atoms with Crippen LogP contribution in [0.4, 0.5) is 0 Å². The number of carboxylic acids is 1. The number of aliphatic carboxylic acids is 1. The van der Waals surface area contributed by atoms with E-state index in [0.717, 1.165) is 28.6 Å². The molecular formula is C17H16N2O3. The van der Waals surface area contributed by atoms with Crippen molar-refractivity contribution in [3.05, 3.63) is 47.7 Å². The Hall–Kier alpha value is -2.56. The largest absolute Gasteiger partial charge is 0.481 e. The zero-order chi connectivity index (χ0) is 15.6. The second-order valence-corrected chi connectivity index (χ2v) is 6.20. The Balaban J connectivity index is 2.01. The predicted molar refractivity (Wildman–Crippen MR) is 81.3 cm³/mol. The number of hydrogen-bond donors (Lipinski definition) is 2. The molecule has 5 nitrogen and oxygen atoms in total. The second-order valence-electron chi connectivity index (χ2n) is 6.20. The summed E-state index contributed by atoms with van der Waals surface area (Å²) in [5.41, 5.74) is 1.80. The third-order valence-corrected chi connectivity index (χ3v) is 5.17. The molecule has 2 aliphatic rings. The topological polar surface area (TPSA) is 73.4 Å². The van der Waals surface area contributed by atoms with Crippen LogP contribution in [0.5, 0.6) is 0 Å². The SMILES string of the molecule is C=C1C(=O)N2CCc3c([nH]c4ccccc34)[C@@H]2[C@@]1(C)C(=O)O. The van der Waals surface area contributed by atoms with Crippen LogP contribution in [0.2, 0.25) is 0 Å². The molecule has 0 unspecified atom stereocenters. The number of carboxylic acid groups (broad SMARTS) is 1. The number of nitrogens with zero attached hydrogens (tertiary/aromatic N) is 1. The van der Waals surface area contributed by atoms with Gasteiger partial charge in [0.15, 0.2) is 0 Å². The smallest absolute Gasteiger partial charge is 0.316 e. The number of benzene rings is 1. The molecule has 0 spiro atoms. The van der Waals surface area contributed by atoms with Gasteiger partial charge in [-0.15, -0.1) is 0 Å². The average molecular weight is 296 g/mol. The standard InChI is InChI=1S/C17H16N2O3/c1-9-15(20)19-8-7-11-10-5-3-4-6-12(10)18-13(11)14(19)17(9,2)16(21)22/h3-6,14,18H,1,7-8H2,2H3,(H,21,22)/t14-,17+/m1/s1. The van der Waals surface area contributed by atoms with Crippen molar-refractivity contribution in [2.24, 2.45) is 5.41 Å². The Kier molecular flexibility index (Phi) is 2.39. The Morgan fingerprint density at radius 2 is 2.18 bits per heavy atom. The molecule has 3 heterocycles. The predicted octanol–water partition coefficient (Wildman–Crippen LogP) is 2.25. The van der Waals surface area contributed by atoms with Crippen LogP contribution in [0.25, 0.3) is 10.9 Å². The van der Waals surface area contributed by atoms with Crippen LogP contribution in [0.15, 0.2) is 36.4 Å². The fourth-order valence-electron chi connectivity index (χ4n) is 3.87. The number of carbonyl (C=O) groups is 2. The van der Waals surface area contributed by atoms with Crippen molar-refractivity contribution in [3.63, 3.8) is 0 Å². The summed E-state index contributed by atoms with van der Waals surface area (Å²) in [6.45, 7) is 5.90. The normalized spacial score (nSPS) is 27.1. The molecule has 2 atom stereocenters. The molecule has 1 fully saturated rings. The summed E-state index contributed by atoms with van der Waals surface area (Å²) in [5, 5.41) is 10.9. The third kappa shape index (κ3) is 1.33. The van der Waals surface area contributed by atoms with E-state index < -0.39 is 17.4 Å². The van der Waals surface area contributed by atoms with Gasteiger partial charge in [-0.05, 0) is 25.0 Å². The summed E-state index contributed by atoms with van der Waals surface area (Å²) in [6, 6.07) is 7.40. The second kappa shape index (κ2) is 4.00. The highest BCUT2D eigenvalue weighted by atomic mass is 16.4. The summed E-state index contributed by atoms with van der Waals surface area (Å²) in [6.07, 6.45) is 0.727. The first-order valence-corrected chi connectivity index (χ1v) is 7.29. The minimum absolute atomic E-state index is 0.163. The first-order chi connectivity index (χ1) is 10.5. The molecule has 1 aromatic heterocycles. The van der Waals surface area contributed by atoms with Crippen LogP contribution in [0, 0.1) is 5.41 Å². The zero-order valence-corrected chi connectivity index (χ0v) is 12.2. The average Bonchev–Trinajstić information content (AvgIpc) is 2.98. The number of fused-ring (bicyclic) bond motifs is 5. The minimum Gasteiger partial charge on any atom is -0.481 e. The maximum atomic E-state index is 12.4. The molecule has 1 amide bonds. The summed E-state index contributed by atoms with van der Waals surface area (Å²) >= 11 is 0. The van der Waals surface area contributed by atoms with Crippen molar-refractivity contribution < 1.29 is 14.7 Å². The molecular weight excluding hydrogens is 280 g/mol. The van der Waals surface area contributed by atoms with Gasteiger partial charge in [0, 0.05) is 28.7 Å². The van der Waals surface area contributed by atoms with Gasteiger partial charge in [-0.25, -0.2) is 0 Å². The Morgan fingerprint density at radius 3 is 2.91 bits per heavy atom. The first kappa shape index (κ1) is 13.1. The molecule has 2 aliphatic heterocycles. The molecule has 2 N–H and O–H groups in total. The molecule has 0 saturated carbocycles. The molecule has 0 bridgehead atoms. The zero-order valence-electron chi connectivity index (χ0n) is 12.2. The van der Waals surface area contributed by atoms with Crippen molar-refractivity contribution in [1.29, 1.82) is 0 Å². The minimum atomic E-state index is -1.30. The maximum absolute atomic E-state index is 12.4. The van der Waals surface area contributed by atoms with Crippen LogP contribution >= 0.6 is 0 Å². The Labute approximate surface area is 127 Å². The van der Waals surface area contributed by atoms with Gasteiger partial charge in [-0.1, -0.05) is 24.8 Å². The van der Waals surface area contributed by atoms with Crippen molar-refractivity contribution in [3.8, 4) is 0 Å². The van der Waals surface area contributed by atoms with E-state index in [1.165, 1.54) is 0 Å². The number of aromatic amines is 1. The number of rotatable bonds is 1. The fraction of sp³-hybridized carbons (Fsp3) is 0.294. The van der Waals surface area contributed by atoms with E-state index in [2.05, 4.69) is 11.6 Å². The highest BCUT2D eigenvalue weighted by molar-refractivity contribution is 6.05. The van der Waals surface area contributed by atoms with Gasteiger partial charge < -0.3 is 15.0 Å². The van der Waals surface area contributed by atoms with Crippen molar-refractivity contribution >= 4 is 22.8 Å². The van der Waals surface area contributed by atoms with Gasteiger partial charge in [0.25, 0.3) is 5.91 Å². The van der Waals surface area contributed by atoms with E-state index in [1.807, 2.05) is 24.3 Å². The lowest BCUT2D eigenvalue weighted by Crippen LogP contribution is -2.40. The third-order valence-electron chi connectivity index (χ3n) is 5.17. The number of aromatic nitrogens is 1. The van der Waals surface area contributed by atoms with E-state index in [1.54, 1.807) is 11.8 Å². The van der Waals surface area contributed by atoms with Crippen molar-refractivity contribution in [2.45, 2.75) is 19.4 Å². The number of H-pyrrole nitrogens is 1. The van der Waals surface area contributed by atoms with Crippen LogP contribution in [0.3, 0.4) is 0 Å². The molecule has 1 aromatic carbocycles. The summed E-state index contributed by atoms with van der Waals surface area (Å²) < 4.78 is 0. The summed E-state index contributed by atoms with van der Waals surface area (Å²) in [5.74, 6) is -1.26. The highest BCUT2D eigenvalue weighted by Gasteiger charge is 2.59. The summed E-state index contributed by atoms with van der Waals surface area (Å²) in [7, 11) is 0. The van der Waals surface area contributed by atoms with Crippen LogP contribution < -0.4 is 0 Å². The molecule has 0 aliphatic carbocycles. The van der Waals surface area contributed by atoms with Crippen molar-refractivity contribution in [2.75, 3.05) is 6.54 Å². The number of nitrogens with one attached hydrogen (secondary N) is 1. The lowest BCUT2D eigenvalue weighted by Gasteiger charge is -2.35. The number of amides is 1. The van der Waals surface area contributed by atoms with E-state index in [9.17, 15) is 14.7 Å². The van der Waals surface area contributed by atoms with Gasteiger partial charge in [-0.3, -0.25) is 9.59 Å². The molecule has 1 saturated heterocycles. The molecule has 112 valence electrons. The fourth-order valence-corrected chi connectivity index (χ4v) is 3.87. The number of hydrogen-bond acceptors (Lipinski definition) is 2. The molecule has 22 heavy (non-hydrogen) atoms. The number of para-hydroxylation sites is 1. The Morgan fingerprint density at radius 1 is 1.45 bits per heavy atom. The van der Waals surface area contributed by atoms with Crippen LogP contribution in [0.1, 0.15) is 24.2 Å². The van der Waals surface area contributed by atoms with Gasteiger partial charge in [0.1, 0.15) is 5.41 Å². The van der Waals surface area contributed by atoms with Crippen LogP contribution in [-0.4, -0.2) is 33.4 Å². The Bertz CT molecular complexity index is 851. The highest BCUT2D eigenvalue weighted by Crippen LogP contribution is 2.53. The summed E-state index contributed by atoms with van der Waals surface area (Å²) in [4.78, 5) is 29.3. The lowest BCUT2D eigenvalue weighted by atomic mass is 9.76. The first-order valence-electron chi connectivity index (χ1n) is 7.29. The maximum Gasteiger partial charge on any atom is 0.316 e. The molecule has 5 heteroatoms. The van der Waals surface area contributed by atoms with Gasteiger partial charge in [-0.2, -0.15) is 0 Å². The monoisotopic (exact) mass is 296 g/mol. The van der Waals surface area contributed by atoms with Gasteiger partial charge >= 0.3 is 5.97 Å². The van der Waals surface area contributed by atoms with E-state index >= 15 is 0 Å². The van der Waals surface area contributed by atoms with E-state index in [-0.39, 0.29) is 11.5 Å². The molecule has 2 aromatic rings. The number of carbonyl (C=O) groups excluding carboxylic acids is 1. The lowest BCUT2D eigenvalue weighted by molar-refractivity contribution is -0.147. The van der Waals surface area contributed by atoms with Gasteiger partial charge in [0.2, 0.25) is 0 Å². The quantitative estimate of drug-likeness (QED) is 0.793. The van der Waals surface area contributed by atoms with E-state index in [0.29, 0.717) is 6.54 Å². The molecule has 0 radical (unpaired) electrons. The molecule has 4 rings (SSSR count). The van der Waals surface area contributed by atoms with Crippen LogP contribution in [-0.2, 0) is 16.0 Å². The van der Waals surface area contributed by atoms with Gasteiger partial charge in [0.05, 0.1) is 6.04 Å². The van der Waals surface area contributed by atoms with Crippen molar-refractivity contribution in [1.82, 2.24) is 9.88 Å². The van der Waals surface area contributed by atoms with E-state index in [4.69, 9.17) is 0 Å².